The number of aromatic nitrogens is 2. The van der Waals surface area contributed by atoms with E-state index in [9.17, 15) is 0 Å². The van der Waals surface area contributed by atoms with Gasteiger partial charge in [0.05, 0.1) is 5.52 Å². The molecule has 16 heavy (non-hydrogen) atoms. The third-order valence-corrected chi connectivity index (χ3v) is 2.42. The fourth-order valence-corrected chi connectivity index (χ4v) is 1.59. The van der Waals surface area contributed by atoms with Crippen LogP contribution in [0.1, 0.15) is 6.92 Å². The van der Waals surface area contributed by atoms with E-state index in [2.05, 4.69) is 22.7 Å². The molecule has 2 aromatic heterocycles. The lowest BCUT2D eigenvalue weighted by atomic mass is 10.3. The Morgan fingerprint density at radius 1 is 1.38 bits per heavy atom. The maximum Gasteiger partial charge on any atom is 0.172 e. The van der Waals surface area contributed by atoms with Crippen molar-refractivity contribution in [2.45, 2.75) is 6.92 Å². The van der Waals surface area contributed by atoms with Gasteiger partial charge in [0.2, 0.25) is 0 Å². The Morgan fingerprint density at radius 2 is 2.25 bits per heavy atom. The molecule has 4 N–H and O–H groups in total. The van der Waals surface area contributed by atoms with Crippen molar-refractivity contribution < 1.29 is 0 Å². The lowest BCUT2D eigenvalue weighted by Gasteiger charge is -2.03. The van der Waals surface area contributed by atoms with Crippen LogP contribution in [0.15, 0.2) is 24.4 Å². The minimum atomic E-state index is 0.706. The molecule has 0 saturated heterocycles. The summed E-state index contributed by atoms with van der Waals surface area (Å²) >= 11 is 0. The number of nitrogens with zero attached hydrogens (tertiary/aromatic N) is 2. The molecule has 0 saturated carbocycles. The highest BCUT2D eigenvalue weighted by atomic mass is 15.3. The minimum Gasteiger partial charge on any atom is -0.394 e. The number of fused-ring (bicyclic) bond motifs is 1. The Bertz CT molecular complexity index is 462. The molecule has 2 heterocycles. The largest absolute Gasteiger partial charge is 0.394 e. The molecule has 0 aliphatic heterocycles. The summed E-state index contributed by atoms with van der Waals surface area (Å²) in [6.45, 7) is 4.79. The zero-order valence-corrected chi connectivity index (χ0v) is 9.40. The van der Waals surface area contributed by atoms with Gasteiger partial charge in [0, 0.05) is 19.3 Å². The van der Waals surface area contributed by atoms with E-state index in [1.54, 1.807) is 4.52 Å². The summed E-state index contributed by atoms with van der Waals surface area (Å²) < 4.78 is 1.78. The number of nitrogens with two attached hydrogens (primary N) is 1. The lowest BCUT2D eigenvalue weighted by Crippen LogP contribution is -2.21. The highest BCUT2D eigenvalue weighted by molar-refractivity contribution is 5.80. The van der Waals surface area contributed by atoms with E-state index in [4.69, 9.17) is 5.73 Å². The SMILES string of the molecule is CCNCCNc1nn2ccccc2c1N. The van der Waals surface area contributed by atoms with Crippen LogP contribution >= 0.6 is 0 Å². The van der Waals surface area contributed by atoms with Crippen LogP contribution in [0, 0.1) is 0 Å². The molecule has 0 aliphatic rings. The highest BCUT2D eigenvalue weighted by Crippen LogP contribution is 2.21. The smallest absolute Gasteiger partial charge is 0.172 e. The second-order valence-electron chi connectivity index (χ2n) is 3.57. The molecule has 0 radical (unpaired) electrons. The van der Waals surface area contributed by atoms with Gasteiger partial charge in [0.25, 0.3) is 0 Å². The van der Waals surface area contributed by atoms with Crippen molar-refractivity contribution in [3.63, 3.8) is 0 Å². The van der Waals surface area contributed by atoms with Crippen LogP contribution in [0.2, 0.25) is 0 Å². The predicted octanol–water partition coefficient (Wildman–Crippen LogP) is 0.938. The van der Waals surface area contributed by atoms with E-state index in [-0.39, 0.29) is 0 Å². The molecule has 2 rings (SSSR count). The number of rotatable bonds is 5. The summed E-state index contributed by atoms with van der Waals surface area (Å²) in [5.41, 5.74) is 7.63. The summed E-state index contributed by atoms with van der Waals surface area (Å²) in [6.07, 6.45) is 1.89. The number of hydrogen-bond donors (Lipinski definition) is 3. The molecule has 5 nitrogen and oxygen atoms in total. The van der Waals surface area contributed by atoms with Gasteiger partial charge < -0.3 is 16.4 Å². The van der Waals surface area contributed by atoms with E-state index in [1.165, 1.54) is 0 Å². The van der Waals surface area contributed by atoms with Crippen molar-refractivity contribution >= 4 is 17.0 Å². The number of pyridine rings is 1. The van der Waals surface area contributed by atoms with Crippen molar-refractivity contribution in [2.75, 3.05) is 30.7 Å². The van der Waals surface area contributed by atoms with Gasteiger partial charge in [0.15, 0.2) is 5.82 Å². The number of nitrogen functional groups attached to an aromatic ring is 1. The highest BCUT2D eigenvalue weighted by Gasteiger charge is 2.07. The minimum absolute atomic E-state index is 0.706. The molecule has 0 aromatic carbocycles. The van der Waals surface area contributed by atoms with Crippen LogP contribution in [0.3, 0.4) is 0 Å². The number of likely N-dealkylation sites (N-methyl/N-ethyl adjacent to an activating group) is 1. The topological polar surface area (TPSA) is 67.4 Å². The molecule has 0 bridgehead atoms. The van der Waals surface area contributed by atoms with Crippen LogP contribution in [0.25, 0.3) is 5.52 Å². The summed E-state index contributed by atoms with van der Waals surface area (Å²) in [4.78, 5) is 0. The van der Waals surface area contributed by atoms with Crippen LogP contribution in [-0.4, -0.2) is 29.2 Å². The van der Waals surface area contributed by atoms with Gasteiger partial charge in [-0.2, -0.15) is 0 Å². The zero-order valence-electron chi connectivity index (χ0n) is 9.40. The molecule has 0 atom stereocenters. The molecule has 0 amide bonds. The van der Waals surface area contributed by atoms with Crippen LogP contribution in [0.5, 0.6) is 0 Å². The molecule has 86 valence electrons. The molecule has 0 spiro atoms. The van der Waals surface area contributed by atoms with E-state index in [0.29, 0.717) is 5.69 Å². The normalized spacial score (nSPS) is 10.8. The van der Waals surface area contributed by atoms with Crippen LogP contribution < -0.4 is 16.4 Å². The Morgan fingerprint density at radius 3 is 3.00 bits per heavy atom. The first-order valence-electron chi connectivity index (χ1n) is 5.50. The van der Waals surface area contributed by atoms with Crippen LogP contribution in [-0.2, 0) is 0 Å². The summed E-state index contributed by atoms with van der Waals surface area (Å²) in [5, 5.41) is 10.8. The Kier molecular flexibility index (Phi) is 3.26. The third kappa shape index (κ3) is 2.09. The molecule has 5 heteroatoms. The fourth-order valence-electron chi connectivity index (χ4n) is 1.59. The number of hydrogen-bond acceptors (Lipinski definition) is 4. The monoisotopic (exact) mass is 219 g/mol. The second-order valence-corrected chi connectivity index (χ2v) is 3.57. The number of anilines is 2. The lowest BCUT2D eigenvalue weighted by molar-refractivity contribution is 0.737. The standard InChI is InChI=1S/C11H17N5/c1-2-13-6-7-14-11-10(12)9-5-3-4-8-16(9)15-11/h3-5,8,13H,2,6-7,12H2,1H3,(H,14,15). The van der Waals surface area contributed by atoms with Gasteiger partial charge in [-0.3, -0.25) is 0 Å². The first-order valence-corrected chi connectivity index (χ1v) is 5.50. The van der Waals surface area contributed by atoms with E-state index < -0.39 is 0 Å². The van der Waals surface area contributed by atoms with Gasteiger partial charge in [-0.05, 0) is 18.7 Å². The first-order chi connectivity index (χ1) is 7.83. The quantitative estimate of drug-likeness (QED) is 0.655. The van der Waals surface area contributed by atoms with Crippen LogP contribution in [0.4, 0.5) is 11.5 Å². The average Bonchev–Trinajstić information content (AvgIpc) is 2.63. The first kappa shape index (κ1) is 10.8. The van der Waals surface area contributed by atoms with Crippen molar-refractivity contribution in [3.8, 4) is 0 Å². The predicted molar refractivity (Wildman–Crippen MR) is 66.6 cm³/mol. The van der Waals surface area contributed by atoms with Crippen molar-refractivity contribution in [2.24, 2.45) is 0 Å². The van der Waals surface area contributed by atoms with Crippen molar-refractivity contribution in [3.05, 3.63) is 24.4 Å². The Hall–Kier alpha value is -1.75. The third-order valence-electron chi connectivity index (χ3n) is 2.42. The van der Waals surface area contributed by atoms with E-state index in [0.717, 1.165) is 31.0 Å². The maximum atomic E-state index is 5.99. The molecule has 0 fully saturated rings. The summed E-state index contributed by atoms with van der Waals surface area (Å²) in [7, 11) is 0. The fraction of sp³-hybridized carbons (Fsp3) is 0.364. The molecular formula is C11H17N5. The number of nitrogens with one attached hydrogen (secondary N) is 2. The van der Waals surface area contributed by atoms with Crippen molar-refractivity contribution in [1.82, 2.24) is 14.9 Å². The van der Waals surface area contributed by atoms with Gasteiger partial charge >= 0.3 is 0 Å². The van der Waals surface area contributed by atoms with Gasteiger partial charge in [-0.25, -0.2) is 4.52 Å². The van der Waals surface area contributed by atoms with Gasteiger partial charge in [-0.1, -0.05) is 13.0 Å². The Labute approximate surface area is 94.6 Å². The second kappa shape index (κ2) is 4.85. The maximum absolute atomic E-state index is 5.99. The molecule has 0 unspecified atom stereocenters. The zero-order chi connectivity index (χ0) is 11.4. The van der Waals surface area contributed by atoms with E-state index in [1.807, 2.05) is 24.4 Å². The summed E-state index contributed by atoms with van der Waals surface area (Å²) in [6, 6.07) is 5.84. The van der Waals surface area contributed by atoms with E-state index >= 15 is 0 Å². The molecule has 2 aromatic rings. The van der Waals surface area contributed by atoms with Gasteiger partial charge in [0.1, 0.15) is 5.69 Å². The van der Waals surface area contributed by atoms with Gasteiger partial charge in [-0.15, -0.1) is 5.10 Å². The molecule has 0 aliphatic carbocycles. The summed E-state index contributed by atoms with van der Waals surface area (Å²) in [5.74, 6) is 0.754. The average molecular weight is 219 g/mol. The molecular weight excluding hydrogens is 202 g/mol. The van der Waals surface area contributed by atoms with Crippen molar-refractivity contribution in [1.29, 1.82) is 0 Å². The Balaban J connectivity index is 2.09.